The van der Waals surface area contributed by atoms with Crippen LogP contribution in [0.2, 0.25) is 0 Å². The predicted octanol–water partition coefficient (Wildman–Crippen LogP) is 9.57. The Morgan fingerprint density at radius 2 is 0.988 bits per heavy atom. The fraction of sp³-hybridized carbons (Fsp3) is 0.491. The summed E-state index contributed by atoms with van der Waals surface area (Å²) in [5, 5.41) is 6.62. The van der Waals surface area contributed by atoms with Gasteiger partial charge in [-0.25, -0.2) is 0 Å². The van der Waals surface area contributed by atoms with Crippen molar-refractivity contribution in [3.63, 3.8) is 0 Å². The summed E-state index contributed by atoms with van der Waals surface area (Å²) in [6.07, 6.45) is -20.0. The molecule has 0 bridgehead atoms. The number of piperazine rings is 1. The zero-order chi connectivity index (χ0) is 62.3. The van der Waals surface area contributed by atoms with Gasteiger partial charge in [0.1, 0.15) is 12.1 Å². The number of nitrogens with one attached hydrogen (secondary N) is 2. The number of alkyl halides is 12. The molecule has 1 aliphatic heterocycles. The minimum atomic E-state index is -4.92. The van der Waals surface area contributed by atoms with E-state index in [4.69, 9.17) is 14.9 Å². The van der Waals surface area contributed by atoms with E-state index in [0.717, 1.165) is 22.2 Å². The molecule has 452 valence electrons. The van der Waals surface area contributed by atoms with Crippen LogP contribution in [-0.2, 0) is 75.9 Å². The fourth-order valence-electron chi connectivity index (χ4n) is 8.60. The maximum atomic E-state index is 13.7. The van der Waals surface area contributed by atoms with Crippen molar-refractivity contribution in [2.45, 2.75) is 56.6 Å². The van der Waals surface area contributed by atoms with E-state index in [2.05, 4.69) is 20.5 Å². The molecule has 1 saturated heterocycles. The van der Waals surface area contributed by atoms with Crippen LogP contribution in [0.25, 0.3) is 0 Å². The van der Waals surface area contributed by atoms with Crippen LogP contribution >= 0.6 is 12.2 Å². The van der Waals surface area contributed by atoms with Gasteiger partial charge < -0.3 is 35.1 Å². The van der Waals surface area contributed by atoms with Crippen molar-refractivity contribution in [1.82, 2.24) is 44.9 Å². The molecular weight excluding hydrogens is 1310 g/mol. The third-order valence-electron chi connectivity index (χ3n) is 12.8. The van der Waals surface area contributed by atoms with Crippen LogP contribution in [0.1, 0.15) is 63.5 Å². The first kappa shape index (κ1) is 72.7. The number of carbonyl (C=O) groups excluding carboxylic acids is 2. The summed E-state index contributed by atoms with van der Waals surface area (Å²) >= 11 is 4.57. The van der Waals surface area contributed by atoms with Crippen LogP contribution < -0.4 is 10.6 Å². The Hall–Kier alpha value is -5.44. The molecule has 5 rings (SSSR count). The normalized spacial score (nSPS) is 14.0. The second-order valence-corrected chi connectivity index (χ2v) is 19.5. The molecule has 2 amide bonds. The number of aliphatic imine (C=N–C) groups is 1. The quantitative estimate of drug-likeness (QED) is 0.0368. The average molecular weight is 1380 g/mol. The van der Waals surface area contributed by atoms with E-state index < -0.39 is 59.0 Å². The summed E-state index contributed by atoms with van der Waals surface area (Å²) < 4.78 is 167. The minimum absolute atomic E-state index is 0.0373. The fourth-order valence-corrected chi connectivity index (χ4v) is 8.60. The summed E-state index contributed by atoms with van der Waals surface area (Å²) in [5.74, 6) is 0.260. The van der Waals surface area contributed by atoms with Gasteiger partial charge in [0.2, 0.25) is 11.8 Å². The topological polar surface area (TPSA) is 110 Å². The van der Waals surface area contributed by atoms with Crippen LogP contribution in [-0.4, -0.2) is 180 Å². The number of nitrogens with zero attached hydrogens (tertiary/aromatic N) is 8. The molecular formula is C55H72F12HgN10O3S. The molecule has 0 radical (unpaired) electrons. The van der Waals surface area contributed by atoms with Crippen molar-refractivity contribution in [3.8, 4) is 0 Å². The molecule has 1 aliphatic rings. The van der Waals surface area contributed by atoms with Crippen molar-refractivity contribution in [2.24, 2.45) is 4.99 Å². The van der Waals surface area contributed by atoms with Crippen LogP contribution in [0.4, 0.5) is 52.7 Å². The molecule has 0 aliphatic carbocycles. The Labute approximate surface area is 494 Å². The van der Waals surface area contributed by atoms with Gasteiger partial charge in [0.15, 0.2) is 11.1 Å². The van der Waals surface area contributed by atoms with Crippen molar-refractivity contribution < 1.29 is 91.1 Å². The molecule has 2 N–H and O–H groups in total. The molecule has 82 heavy (non-hydrogen) atoms. The van der Waals surface area contributed by atoms with E-state index in [1.165, 1.54) is 23.9 Å². The monoisotopic (exact) mass is 1380 g/mol. The van der Waals surface area contributed by atoms with Gasteiger partial charge in [-0.1, -0.05) is 67.6 Å². The zero-order valence-corrected chi connectivity index (χ0v) is 53.9. The first-order chi connectivity index (χ1) is 38.3. The van der Waals surface area contributed by atoms with Crippen LogP contribution in [0, 0.1) is 0 Å². The summed E-state index contributed by atoms with van der Waals surface area (Å²) in [4.78, 5) is 44.0. The van der Waals surface area contributed by atoms with E-state index >= 15 is 0 Å². The van der Waals surface area contributed by atoms with E-state index in [-0.39, 0.29) is 87.1 Å². The van der Waals surface area contributed by atoms with E-state index in [1.807, 2.05) is 122 Å². The summed E-state index contributed by atoms with van der Waals surface area (Å²) in [5.41, 5.74) is -4.22. The standard InChI is InChI=1S/C27H33F6N5O.C24H29F6N3O.C4H10N2S.Hg.O/c1-34-25(35(2)3)38-14-12-37(13-15-38)23(20-8-6-5-7-9-20)24(39)36(4)11-10-19-16-21(26(28,29)30)18-22(17-19)27(31,32)33;1-4-33(13-11-31-2)21(18-8-6-5-7-9-18)22(34)32(3)12-10-17-14-19(23(25,26)27)16-20(15-17)24(28,29)30;1-5-4(7)6(2)3;;/h5-9,16-18,23H,10-15H2,1-4H3;5-9,14-16,21,31H,4,10-13H2,1-3H3;1-3H3,(H,5,7);;. The van der Waals surface area contributed by atoms with Gasteiger partial charge in [0, 0.05) is 109 Å². The molecule has 0 aromatic heterocycles. The first-order valence-electron chi connectivity index (χ1n) is 25.6. The summed E-state index contributed by atoms with van der Waals surface area (Å²) in [6.45, 7) is 6.02. The van der Waals surface area contributed by atoms with Gasteiger partial charge in [0.25, 0.3) is 0 Å². The zero-order valence-electron chi connectivity index (χ0n) is 47.6. The number of hydrogen-bond donors (Lipinski definition) is 2. The number of thiocarbonyl (C=S) groups is 1. The van der Waals surface area contributed by atoms with E-state index in [0.29, 0.717) is 70.1 Å². The molecule has 13 nitrogen and oxygen atoms in total. The average Bonchev–Trinajstić information content (AvgIpc) is 3.48. The molecule has 1 fully saturated rings. The van der Waals surface area contributed by atoms with Gasteiger partial charge in [-0.05, 0) is 97.3 Å². The molecule has 4 aromatic carbocycles. The number of likely N-dealkylation sites (N-methyl/N-ethyl adjacent to an activating group) is 4. The number of guanidine groups is 1. The number of amides is 2. The Morgan fingerprint density at radius 3 is 1.30 bits per heavy atom. The van der Waals surface area contributed by atoms with Gasteiger partial charge in [-0.15, -0.1) is 0 Å². The van der Waals surface area contributed by atoms with Crippen LogP contribution in [0.15, 0.2) is 102 Å². The number of carbonyl (C=O) groups is 2. The van der Waals surface area contributed by atoms with E-state index in [9.17, 15) is 62.3 Å². The maximum absolute atomic E-state index is 13.7. The Morgan fingerprint density at radius 1 is 0.598 bits per heavy atom. The number of hydrogen-bond acceptors (Lipinski definition) is 8. The first-order valence-corrected chi connectivity index (χ1v) is 28.3. The second kappa shape index (κ2) is 33.7. The Kier molecular flexibility index (Phi) is 29.9. The number of rotatable bonds is 16. The molecule has 2 atom stereocenters. The molecule has 1 heterocycles. The van der Waals surface area contributed by atoms with Gasteiger partial charge in [-0.3, -0.25) is 24.4 Å². The van der Waals surface area contributed by atoms with Crippen molar-refractivity contribution in [2.75, 3.05) is 122 Å². The van der Waals surface area contributed by atoms with Crippen LogP contribution in [0.3, 0.4) is 0 Å². The van der Waals surface area contributed by atoms with Gasteiger partial charge in [0.05, 0.1) is 22.3 Å². The third-order valence-corrected chi connectivity index (χ3v) is 13.4. The van der Waals surface area contributed by atoms with Crippen molar-refractivity contribution in [1.29, 1.82) is 0 Å². The molecule has 2 unspecified atom stereocenters. The number of halogens is 12. The molecule has 4 aromatic rings. The second-order valence-electron chi connectivity index (χ2n) is 19.1. The van der Waals surface area contributed by atoms with Crippen molar-refractivity contribution >= 4 is 35.1 Å². The Balaban J connectivity index is 0.000000491. The predicted molar refractivity (Wildman–Crippen MR) is 291 cm³/mol. The SMILES string of the molecule is CCN(CCNC)C(C(=O)N(C)CCc1cc(C(F)(F)F)cc(C(F)(F)F)c1)c1ccccc1.CN=C(N(C)C)N1CCN(C(C(=O)N(C)CCc2cc(C(F)(F)F)cc(C(F)(F)F)c2)c2ccccc2)CC1.CNC(=S)N(C)C.[O]=[Hg]. The van der Waals surface area contributed by atoms with Crippen LogP contribution in [0.5, 0.6) is 0 Å². The van der Waals surface area contributed by atoms with Gasteiger partial charge in [-0.2, -0.15) is 52.7 Å². The summed E-state index contributed by atoms with van der Waals surface area (Å²) in [6, 6.07) is 20.0. The molecule has 0 saturated carbocycles. The third kappa shape index (κ3) is 23.0. The van der Waals surface area contributed by atoms with E-state index in [1.54, 1.807) is 14.1 Å². The molecule has 0 spiro atoms. The Bertz CT molecular complexity index is 2560. The van der Waals surface area contributed by atoms with Gasteiger partial charge >= 0.3 is 53.5 Å². The number of benzene rings is 4. The van der Waals surface area contributed by atoms with Crippen molar-refractivity contribution in [3.05, 3.63) is 142 Å². The summed E-state index contributed by atoms with van der Waals surface area (Å²) in [7, 11) is 16.0. The molecule has 27 heteroatoms.